The summed E-state index contributed by atoms with van der Waals surface area (Å²) < 4.78 is 2.23. The maximum atomic E-state index is 6.54. The molecule has 40 heavy (non-hydrogen) atoms. The first kappa shape index (κ1) is 23.3. The van der Waals surface area contributed by atoms with Crippen LogP contribution in [0.5, 0.6) is 0 Å². The van der Waals surface area contributed by atoms with E-state index in [0.717, 1.165) is 28.1 Å². The van der Waals surface area contributed by atoms with Gasteiger partial charge in [-0.25, -0.2) is 4.98 Å². The van der Waals surface area contributed by atoms with Crippen LogP contribution in [-0.2, 0) is 5.41 Å². The Morgan fingerprint density at radius 2 is 1.35 bits per heavy atom. The molecule has 5 aromatic carbocycles. The number of rotatable bonds is 3. The summed E-state index contributed by atoms with van der Waals surface area (Å²) in [5.74, 6) is 0.876. The van der Waals surface area contributed by atoms with Gasteiger partial charge < -0.3 is 5.32 Å². The minimum Gasteiger partial charge on any atom is -0.339 e. The van der Waals surface area contributed by atoms with Gasteiger partial charge in [0.1, 0.15) is 11.5 Å². The largest absolute Gasteiger partial charge is 0.339 e. The molecule has 2 heterocycles. The van der Waals surface area contributed by atoms with Crippen molar-refractivity contribution in [3.63, 3.8) is 0 Å². The highest BCUT2D eigenvalue weighted by Crippen LogP contribution is 2.53. The molecule has 0 unspecified atom stereocenters. The normalized spacial score (nSPS) is 13.6. The number of fused-ring (bicyclic) bond motifs is 9. The van der Waals surface area contributed by atoms with Gasteiger partial charge in [-0.2, -0.15) is 0 Å². The highest BCUT2D eigenvalue weighted by Gasteiger charge is 2.36. The molecule has 192 valence electrons. The van der Waals surface area contributed by atoms with Crippen LogP contribution in [-0.4, -0.2) is 9.38 Å². The van der Waals surface area contributed by atoms with Crippen LogP contribution in [0.4, 0.5) is 11.5 Å². The van der Waals surface area contributed by atoms with E-state index < -0.39 is 0 Å². The first-order valence-corrected chi connectivity index (χ1v) is 14.0. The average Bonchev–Trinajstić information content (AvgIpc) is 3.51. The minimum atomic E-state index is -0.0616. The maximum Gasteiger partial charge on any atom is 0.147 e. The number of halogens is 1. The van der Waals surface area contributed by atoms with Crippen molar-refractivity contribution in [3.8, 4) is 22.3 Å². The van der Waals surface area contributed by atoms with Crippen LogP contribution in [0.15, 0.2) is 115 Å². The van der Waals surface area contributed by atoms with Crippen molar-refractivity contribution in [1.29, 1.82) is 0 Å². The molecule has 0 amide bonds. The zero-order valence-electron chi connectivity index (χ0n) is 22.2. The fourth-order valence-electron chi connectivity index (χ4n) is 6.68. The van der Waals surface area contributed by atoms with Gasteiger partial charge in [-0.3, -0.25) is 4.40 Å². The molecule has 0 saturated carbocycles. The topological polar surface area (TPSA) is 29.3 Å². The van der Waals surface area contributed by atoms with Crippen LogP contribution in [0.2, 0.25) is 5.02 Å². The predicted octanol–water partition coefficient (Wildman–Crippen LogP) is 10.0. The van der Waals surface area contributed by atoms with E-state index in [0.29, 0.717) is 5.02 Å². The van der Waals surface area contributed by atoms with Crippen LogP contribution in [0, 0.1) is 0 Å². The van der Waals surface area contributed by atoms with E-state index in [1.807, 2.05) is 30.5 Å². The number of benzene rings is 5. The number of pyridine rings is 1. The number of imidazole rings is 1. The van der Waals surface area contributed by atoms with Crippen LogP contribution in [0.25, 0.3) is 49.6 Å². The summed E-state index contributed by atoms with van der Waals surface area (Å²) in [5, 5.41) is 7.73. The molecule has 0 aliphatic heterocycles. The van der Waals surface area contributed by atoms with Gasteiger partial charge in [0.2, 0.25) is 0 Å². The first-order valence-electron chi connectivity index (χ1n) is 13.6. The smallest absolute Gasteiger partial charge is 0.147 e. The van der Waals surface area contributed by atoms with Crippen molar-refractivity contribution in [3.05, 3.63) is 132 Å². The Morgan fingerprint density at radius 3 is 2.25 bits per heavy atom. The molecule has 4 heteroatoms. The molecule has 0 fully saturated rings. The molecule has 1 aliphatic carbocycles. The molecule has 0 spiro atoms. The molecule has 1 aliphatic rings. The zero-order valence-corrected chi connectivity index (χ0v) is 23.0. The Morgan fingerprint density at radius 1 is 0.675 bits per heavy atom. The van der Waals surface area contributed by atoms with Crippen molar-refractivity contribution in [2.75, 3.05) is 5.32 Å². The second kappa shape index (κ2) is 8.45. The Bertz CT molecular complexity index is 2140. The number of para-hydroxylation sites is 2. The third-order valence-electron chi connectivity index (χ3n) is 8.52. The number of hydrogen-bond donors (Lipinski definition) is 1. The van der Waals surface area contributed by atoms with Crippen LogP contribution in [0.3, 0.4) is 0 Å². The van der Waals surface area contributed by atoms with Gasteiger partial charge in [-0.15, -0.1) is 0 Å². The van der Waals surface area contributed by atoms with Gasteiger partial charge in [0.05, 0.1) is 22.4 Å². The van der Waals surface area contributed by atoms with Crippen molar-refractivity contribution in [2.45, 2.75) is 19.3 Å². The lowest BCUT2D eigenvalue weighted by Gasteiger charge is -2.22. The number of nitrogens with one attached hydrogen (secondary N) is 1. The average molecular weight is 536 g/mol. The Kier molecular flexibility index (Phi) is 4.92. The summed E-state index contributed by atoms with van der Waals surface area (Å²) in [4.78, 5) is 5.03. The van der Waals surface area contributed by atoms with Crippen LogP contribution < -0.4 is 5.32 Å². The number of hydrogen-bond acceptors (Lipinski definition) is 2. The summed E-state index contributed by atoms with van der Waals surface area (Å²) in [7, 11) is 0. The van der Waals surface area contributed by atoms with Gasteiger partial charge in [-0.1, -0.05) is 116 Å². The highest BCUT2D eigenvalue weighted by molar-refractivity contribution is 6.33. The molecule has 0 bridgehead atoms. The van der Waals surface area contributed by atoms with E-state index in [1.165, 1.54) is 44.2 Å². The molecule has 3 nitrogen and oxygen atoms in total. The zero-order chi connectivity index (χ0) is 27.0. The third kappa shape index (κ3) is 3.16. The SMILES string of the molecule is CC1(C)c2ccccc2-c2c(-c3cccc4c5ccccc5n5c(Nc6ccccc6Cl)cnc5c34)cccc21. The number of aromatic nitrogens is 2. The fourth-order valence-corrected chi connectivity index (χ4v) is 6.86. The lowest BCUT2D eigenvalue weighted by Crippen LogP contribution is -2.14. The minimum absolute atomic E-state index is 0.0616. The molecule has 7 aromatic rings. The number of nitrogens with zero attached hydrogens (tertiary/aromatic N) is 2. The Hall–Kier alpha value is -4.60. The predicted molar refractivity (Wildman–Crippen MR) is 168 cm³/mol. The van der Waals surface area contributed by atoms with E-state index in [1.54, 1.807) is 0 Å². The first-order chi connectivity index (χ1) is 19.5. The summed E-state index contributed by atoms with van der Waals surface area (Å²) in [6.45, 7) is 4.66. The van der Waals surface area contributed by atoms with Crippen LogP contribution >= 0.6 is 11.6 Å². The summed E-state index contributed by atoms with van der Waals surface area (Å²) in [6.07, 6.45) is 1.91. The van der Waals surface area contributed by atoms with E-state index in [4.69, 9.17) is 16.6 Å². The van der Waals surface area contributed by atoms with E-state index in [-0.39, 0.29) is 5.41 Å². The molecule has 1 N–H and O–H groups in total. The molecule has 2 aromatic heterocycles. The second-order valence-corrected chi connectivity index (χ2v) is 11.5. The van der Waals surface area contributed by atoms with Crippen molar-refractivity contribution < 1.29 is 0 Å². The molecule has 0 radical (unpaired) electrons. The van der Waals surface area contributed by atoms with Gasteiger partial charge in [0, 0.05) is 16.2 Å². The van der Waals surface area contributed by atoms with Gasteiger partial charge in [0.15, 0.2) is 0 Å². The fraction of sp³-hybridized carbons (Fsp3) is 0.0833. The second-order valence-electron chi connectivity index (χ2n) is 11.1. The molecular formula is C36H26ClN3. The van der Waals surface area contributed by atoms with E-state index in [2.05, 4.69) is 108 Å². The van der Waals surface area contributed by atoms with Crippen LogP contribution in [0.1, 0.15) is 25.0 Å². The summed E-state index contributed by atoms with van der Waals surface area (Å²) >= 11 is 6.54. The van der Waals surface area contributed by atoms with Gasteiger partial charge in [-0.05, 0) is 57.0 Å². The lowest BCUT2D eigenvalue weighted by atomic mass is 9.82. The third-order valence-corrected chi connectivity index (χ3v) is 8.85. The molecule has 8 rings (SSSR count). The quantitative estimate of drug-likeness (QED) is 0.228. The van der Waals surface area contributed by atoms with E-state index in [9.17, 15) is 0 Å². The van der Waals surface area contributed by atoms with Gasteiger partial charge >= 0.3 is 0 Å². The summed E-state index contributed by atoms with van der Waals surface area (Å²) in [6, 6.07) is 38.6. The lowest BCUT2D eigenvalue weighted by molar-refractivity contribution is 0.660. The standard InChI is InChI=1S/C36H26ClN3/c1-36(2)27-16-5-3-12-26(27)33-24(15-10-17-28(33)36)25-14-9-13-23-22-11-4-8-20-31(22)40-32(21-38-35(40)34(23)25)39-30-19-7-6-18-29(30)37/h3-21,39H,1-2H3. The van der Waals surface area contributed by atoms with Crippen molar-refractivity contribution >= 4 is 50.4 Å². The van der Waals surface area contributed by atoms with Crippen molar-refractivity contribution in [2.24, 2.45) is 0 Å². The maximum absolute atomic E-state index is 6.54. The molecule has 0 saturated heterocycles. The van der Waals surface area contributed by atoms with Gasteiger partial charge in [0.25, 0.3) is 0 Å². The highest BCUT2D eigenvalue weighted by atomic mass is 35.5. The number of anilines is 2. The monoisotopic (exact) mass is 535 g/mol. The van der Waals surface area contributed by atoms with Crippen molar-refractivity contribution in [1.82, 2.24) is 9.38 Å². The summed E-state index contributed by atoms with van der Waals surface area (Å²) in [5.41, 5.74) is 10.6. The molecule has 0 atom stereocenters. The Labute approximate surface area is 237 Å². The van der Waals surface area contributed by atoms with E-state index >= 15 is 0 Å². The molecular weight excluding hydrogens is 510 g/mol. The Balaban J connectivity index is 1.48.